The van der Waals surface area contributed by atoms with Gasteiger partial charge in [-0.25, -0.2) is 0 Å². The zero-order valence-electron chi connectivity index (χ0n) is 15.5. The Labute approximate surface area is 168 Å². The van der Waals surface area contributed by atoms with Crippen LogP contribution in [0.15, 0.2) is 71.4 Å². The third-order valence-corrected chi connectivity index (χ3v) is 5.01. The number of thioether (sulfide) groups is 1. The van der Waals surface area contributed by atoms with Gasteiger partial charge in [-0.3, -0.25) is 4.79 Å². The molecule has 7 heteroatoms. The molecule has 2 aromatic rings. The molecule has 0 aromatic heterocycles. The molecule has 1 unspecified atom stereocenters. The van der Waals surface area contributed by atoms with Crippen molar-refractivity contribution in [1.82, 2.24) is 5.32 Å². The molecule has 1 aliphatic rings. The molecule has 1 saturated heterocycles. The van der Waals surface area contributed by atoms with Crippen LogP contribution in [-0.4, -0.2) is 36.3 Å². The Kier molecular flexibility index (Phi) is 6.86. The van der Waals surface area contributed by atoms with Crippen LogP contribution in [0, 0.1) is 0 Å². The van der Waals surface area contributed by atoms with Crippen molar-refractivity contribution in [1.29, 1.82) is 0 Å². The van der Waals surface area contributed by atoms with Crippen LogP contribution in [0.5, 0.6) is 11.5 Å². The highest BCUT2D eigenvalue weighted by molar-refractivity contribution is 8.15. The lowest BCUT2D eigenvalue weighted by molar-refractivity contribution is -0.118. The van der Waals surface area contributed by atoms with Crippen LogP contribution >= 0.6 is 11.8 Å². The van der Waals surface area contributed by atoms with Crippen molar-refractivity contribution in [2.75, 3.05) is 13.7 Å². The van der Waals surface area contributed by atoms with Gasteiger partial charge in [-0.2, -0.15) is 5.10 Å². The number of hydrogen-bond donors (Lipinski definition) is 1. The third kappa shape index (κ3) is 5.23. The van der Waals surface area contributed by atoms with Gasteiger partial charge < -0.3 is 14.8 Å². The van der Waals surface area contributed by atoms with E-state index >= 15 is 0 Å². The number of nitrogens with zero attached hydrogens (tertiary/aromatic N) is 2. The smallest absolute Gasteiger partial charge is 0.239 e. The van der Waals surface area contributed by atoms with E-state index in [0.717, 1.165) is 11.1 Å². The fraction of sp³-hybridized carbons (Fsp3) is 0.190. The molecule has 0 radical (unpaired) electrons. The first-order valence-electron chi connectivity index (χ1n) is 8.74. The Morgan fingerprint density at radius 2 is 2.04 bits per heavy atom. The maximum atomic E-state index is 12.1. The molecule has 0 saturated carbocycles. The van der Waals surface area contributed by atoms with Crippen molar-refractivity contribution in [3.8, 4) is 11.5 Å². The number of ether oxygens (including phenoxy) is 2. The quantitative estimate of drug-likeness (QED) is 0.422. The second kappa shape index (κ2) is 9.75. The van der Waals surface area contributed by atoms with Gasteiger partial charge in [0.25, 0.3) is 0 Å². The summed E-state index contributed by atoms with van der Waals surface area (Å²) in [5, 5.41) is 11.3. The highest BCUT2D eigenvalue weighted by Gasteiger charge is 2.30. The SMILES string of the molecule is C=CCOc1ccc(/C=N/N=C2\NC(=O)C(Cc3ccccc3)S2)cc1OC. The Morgan fingerprint density at radius 1 is 1.21 bits per heavy atom. The predicted molar refractivity (Wildman–Crippen MR) is 113 cm³/mol. The van der Waals surface area contributed by atoms with E-state index in [-0.39, 0.29) is 11.2 Å². The van der Waals surface area contributed by atoms with E-state index in [0.29, 0.717) is 29.7 Å². The van der Waals surface area contributed by atoms with Crippen LogP contribution < -0.4 is 14.8 Å². The molecule has 1 N–H and O–H groups in total. The summed E-state index contributed by atoms with van der Waals surface area (Å²) >= 11 is 1.39. The standard InChI is InChI=1S/C21H21N3O3S/c1-3-11-27-17-10-9-16(12-18(17)26-2)14-22-24-21-23-20(25)19(28-21)13-15-7-5-4-6-8-15/h3-10,12,14,19H,1,11,13H2,2H3,(H,23,24,25)/b22-14+. The molecule has 0 bridgehead atoms. The average molecular weight is 395 g/mol. The van der Waals surface area contributed by atoms with Gasteiger partial charge in [0.2, 0.25) is 5.91 Å². The highest BCUT2D eigenvalue weighted by Crippen LogP contribution is 2.27. The summed E-state index contributed by atoms with van der Waals surface area (Å²) in [7, 11) is 1.58. The largest absolute Gasteiger partial charge is 0.493 e. The minimum Gasteiger partial charge on any atom is -0.493 e. The van der Waals surface area contributed by atoms with Crippen LogP contribution in [0.3, 0.4) is 0 Å². The van der Waals surface area contributed by atoms with Crippen LogP contribution in [0.2, 0.25) is 0 Å². The minimum absolute atomic E-state index is 0.0480. The lowest BCUT2D eigenvalue weighted by Crippen LogP contribution is -2.25. The normalized spacial score (nSPS) is 17.7. The summed E-state index contributed by atoms with van der Waals surface area (Å²) in [6, 6.07) is 15.4. The molecule has 1 atom stereocenters. The van der Waals surface area contributed by atoms with E-state index in [1.165, 1.54) is 11.8 Å². The molecule has 1 heterocycles. The third-order valence-electron chi connectivity index (χ3n) is 3.94. The summed E-state index contributed by atoms with van der Waals surface area (Å²) in [6.07, 6.45) is 3.93. The molecular formula is C21H21N3O3S. The molecule has 28 heavy (non-hydrogen) atoms. The van der Waals surface area contributed by atoms with Gasteiger partial charge in [0.1, 0.15) is 6.61 Å². The Bertz CT molecular complexity index is 897. The van der Waals surface area contributed by atoms with Crippen LogP contribution in [0.25, 0.3) is 0 Å². The van der Waals surface area contributed by atoms with Crippen molar-refractivity contribution >= 4 is 29.1 Å². The van der Waals surface area contributed by atoms with Crippen molar-refractivity contribution in [2.24, 2.45) is 10.2 Å². The minimum atomic E-state index is -0.197. The van der Waals surface area contributed by atoms with Gasteiger partial charge in [-0.15, -0.1) is 5.10 Å². The topological polar surface area (TPSA) is 72.3 Å². The Balaban J connectivity index is 1.62. The maximum absolute atomic E-state index is 12.1. The van der Waals surface area contributed by atoms with Gasteiger partial charge in [0.05, 0.1) is 18.6 Å². The Hall–Kier alpha value is -3.06. The number of carbonyl (C=O) groups is 1. The van der Waals surface area contributed by atoms with Gasteiger partial charge in [0.15, 0.2) is 16.7 Å². The summed E-state index contributed by atoms with van der Waals surface area (Å²) in [4.78, 5) is 12.1. The molecule has 0 aliphatic carbocycles. The van der Waals surface area contributed by atoms with Gasteiger partial charge >= 0.3 is 0 Å². The number of benzene rings is 2. The lowest BCUT2D eigenvalue weighted by Gasteiger charge is -2.09. The molecule has 1 amide bonds. The van der Waals surface area contributed by atoms with E-state index in [1.54, 1.807) is 31.5 Å². The van der Waals surface area contributed by atoms with Crippen LogP contribution in [0.1, 0.15) is 11.1 Å². The first-order valence-corrected chi connectivity index (χ1v) is 9.61. The summed E-state index contributed by atoms with van der Waals surface area (Å²) in [5.74, 6) is 1.19. The first-order chi connectivity index (χ1) is 13.7. The predicted octanol–water partition coefficient (Wildman–Crippen LogP) is 3.42. The first kappa shape index (κ1) is 19.7. The van der Waals surface area contributed by atoms with E-state index < -0.39 is 0 Å². The Morgan fingerprint density at radius 3 is 2.79 bits per heavy atom. The summed E-state index contributed by atoms with van der Waals surface area (Å²) in [5.41, 5.74) is 1.92. The number of nitrogens with one attached hydrogen (secondary N) is 1. The fourth-order valence-electron chi connectivity index (χ4n) is 2.60. The number of rotatable bonds is 8. The molecule has 2 aromatic carbocycles. The molecule has 0 spiro atoms. The summed E-state index contributed by atoms with van der Waals surface area (Å²) in [6.45, 7) is 4.03. The number of methoxy groups -OCH3 is 1. The monoisotopic (exact) mass is 395 g/mol. The zero-order valence-corrected chi connectivity index (χ0v) is 16.3. The number of amides is 1. The maximum Gasteiger partial charge on any atom is 0.239 e. The molecule has 1 aliphatic heterocycles. The van der Waals surface area contributed by atoms with Crippen molar-refractivity contribution in [3.05, 3.63) is 72.3 Å². The number of hydrogen-bond acceptors (Lipinski definition) is 6. The molecule has 6 nitrogen and oxygen atoms in total. The fourth-order valence-corrected chi connectivity index (χ4v) is 3.56. The highest BCUT2D eigenvalue weighted by atomic mass is 32.2. The van der Waals surface area contributed by atoms with Gasteiger partial charge in [0, 0.05) is 0 Å². The number of carbonyl (C=O) groups excluding carboxylic acids is 1. The van der Waals surface area contributed by atoms with Gasteiger partial charge in [-0.1, -0.05) is 54.7 Å². The van der Waals surface area contributed by atoms with E-state index in [9.17, 15) is 4.79 Å². The van der Waals surface area contributed by atoms with Crippen molar-refractivity contribution in [2.45, 2.75) is 11.7 Å². The van der Waals surface area contributed by atoms with E-state index in [4.69, 9.17) is 9.47 Å². The van der Waals surface area contributed by atoms with Crippen molar-refractivity contribution in [3.63, 3.8) is 0 Å². The molecule has 144 valence electrons. The van der Waals surface area contributed by atoms with E-state index in [1.807, 2.05) is 36.4 Å². The second-order valence-electron chi connectivity index (χ2n) is 5.95. The molecular weight excluding hydrogens is 374 g/mol. The lowest BCUT2D eigenvalue weighted by atomic mass is 10.1. The van der Waals surface area contributed by atoms with E-state index in [2.05, 4.69) is 22.1 Å². The average Bonchev–Trinajstić information content (AvgIpc) is 3.06. The second-order valence-corrected chi connectivity index (χ2v) is 7.14. The van der Waals surface area contributed by atoms with Crippen molar-refractivity contribution < 1.29 is 14.3 Å². The van der Waals surface area contributed by atoms with Gasteiger partial charge in [-0.05, 0) is 35.7 Å². The van der Waals surface area contributed by atoms with Crippen LogP contribution in [-0.2, 0) is 11.2 Å². The zero-order chi connectivity index (χ0) is 19.8. The molecule has 3 rings (SSSR count). The number of amidine groups is 1. The van der Waals surface area contributed by atoms with Crippen LogP contribution in [0.4, 0.5) is 0 Å². The molecule has 1 fully saturated rings. The summed E-state index contributed by atoms with van der Waals surface area (Å²) < 4.78 is 10.9.